The Bertz CT molecular complexity index is 923. The van der Waals surface area contributed by atoms with Gasteiger partial charge in [0.2, 0.25) is 5.91 Å². The number of carbonyl (C=O) groups excluding carboxylic acids is 1. The van der Waals surface area contributed by atoms with Crippen LogP contribution in [0.5, 0.6) is 0 Å². The fourth-order valence-electron chi connectivity index (χ4n) is 3.14. The summed E-state index contributed by atoms with van der Waals surface area (Å²) >= 11 is 9.21. The van der Waals surface area contributed by atoms with E-state index in [1.165, 1.54) is 0 Å². The predicted octanol–water partition coefficient (Wildman–Crippen LogP) is 4.18. The van der Waals surface area contributed by atoms with Crippen LogP contribution < -0.4 is 4.90 Å². The molecule has 140 valence electrons. The minimum Gasteiger partial charge on any atom is -0.352 e. The zero-order valence-electron chi connectivity index (χ0n) is 14.7. The minimum absolute atomic E-state index is 0.222. The number of halogens is 1. The predicted molar refractivity (Wildman–Crippen MR) is 113 cm³/mol. The number of carbonyl (C=O) groups is 1. The Kier molecular flexibility index (Phi) is 5.80. The Morgan fingerprint density at radius 3 is 2.67 bits per heavy atom. The zero-order valence-corrected chi connectivity index (χ0v) is 17.1. The molecule has 0 aliphatic carbocycles. The highest BCUT2D eigenvalue weighted by atomic mass is 35.5. The normalized spacial score (nSPS) is 14.7. The van der Waals surface area contributed by atoms with E-state index < -0.39 is 0 Å². The molecule has 1 aromatic carbocycles. The van der Waals surface area contributed by atoms with Crippen molar-refractivity contribution in [1.29, 1.82) is 0 Å². The number of hydrogen-bond acceptors (Lipinski definition) is 6. The first kappa shape index (κ1) is 18.5. The molecule has 1 aliphatic heterocycles. The summed E-state index contributed by atoms with van der Waals surface area (Å²) in [5, 5.41) is 3.87. The molecule has 1 aliphatic rings. The topological polar surface area (TPSA) is 49.3 Å². The van der Waals surface area contributed by atoms with Crippen LogP contribution in [-0.4, -0.2) is 52.7 Å². The van der Waals surface area contributed by atoms with Gasteiger partial charge >= 0.3 is 0 Å². The SMILES string of the molecule is O=C(CCSc1ccc(Cl)cc1)N1CCN(c2ncnc3sccc23)CC1. The van der Waals surface area contributed by atoms with Crippen LogP contribution in [0.15, 0.2) is 46.9 Å². The first-order chi connectivity index (χ1) is 13.2. The summed E-state index contributed by atoms with van der Waals surface area (Å²) < 4.78 is 0. The van der Waals surface area contributed by atoms with Crippen LogP contribution in [0.3, 0.4) is 0 Å². The van der Waals surface area contributed by atoms with E-state index in [1.54, 1.807) is 29.4 Å². The molecule has 0 bridgehead atoms. The van der Waals surface area contributed by atoms with E-state index in [9.17, 15) is 4.79 Å². The molecule has 2 aromatic heterocycles. The van der Waals surface area contributed by atoms with Crippen molar-refractivity contribution in [3.05, 3.63) is 47.1 Å². The van der Waals surface area contributed by atoms with Gasteiger partial charge in [0.05, 0.1) is 5.39 Å². The maximum atomic E-state index is 12.5. The van der Waals surface area contributed by atoms with E-state index in [4.69, 9.17) is 11.6 Å². The molecule has 3 aromatic rings. The van der Waals surface area contributed by atoms with Crippen molar-refractivity contribution in [3.63, 3.8) is 0 Å². The van der Waals surface area contributed by atoms with Crippen LogP contribution in [0, 0.1) is 0 Å². The zero-order chi connectivity index (χ0) is 18.6. The second-order valence-corrected chi connectivity index (χ2v) is 8.76. The molecule has 3 heterocycles. The summed E-state index contributed by atoms with van der Waals surface area (Å²) in [4.78, 5) is 27.7. The van der Waals surface area contributed by atoms with Gasteiger partial charge in [0.15, 0.2) is 0 Å². The van der Waals surface area contributed by atoms with E-state index in [1.807, 2.05) is 34.5 Å². The Labute approximate surface area is 171 Å². The van der Waals surface area contributed by atoms with Crippen LogP contribution in [0.25, 0.3) is 10.2 Å². The van der Waals surface area contributed by atoms with E-state index in [-0.39, 0.29) is 5.91 Å². The molecule has 0 radical (unpaired) electrons. The summed E-state index contributed by atoms with van der Waals surface area (Å²) in [6.07, 6.45) is 2.18. The van der Waals surface area contributed by atoms with Crippen LogP contribution >= 0.6 is 34.7 Å². The minimum atomic E-state index is 0.222. The molecule has 27 heavy (non-hydrogen) atoms. The monoisotopic (exact) mass is 418 g/mol. The quantitative estimate of drug-likeness (QED) is 0.582. The van der Waals surface area contributed by atoms with E-state index in [0.717, 1.165) is 57.9 Å². The third kappa shape index (κ3) is 4.36. The van der Waals surface area contributed by atoms with Gasteiger partial charge in [-0.3, -0.25) is 4.79 Å². The average Bonchev–Trinajstić information content (AvgIpc) is 3.18. The molecule has 0 spiro atoms. The third-order valence-electron chi connectivity index (χ3n) is 4.57. The number of thioether (sulfide) groups is 1. The first-order valence-corrected chi connectivity index (χ1v) is 11.0. The van der Waals surface area contributed by atoms with Crippen molar-refractivity contribution in [1.82, 2.24) is 14.9 Å². The smallest absolute Gasteiger partial charge is 0.223 e. The van der Waals surface area contributed by atoms with Gasteiger partial charge in [-0.25, -0.2) is 9.97 Å². The number of anilines is 1. The largest absolute Gasteiger partial charge is 0.352 e. The number of piperazine rings is 1. The van der Waals surface area contributed by atoms with E-state index >= 15 is 0 Å². The molecule has 1 fully saturated rings. The lowest BCUT2D eigenvalue weighted by atomic mass is 10.2. The highest BCUT2D eigenvalue weighted by Gasteiger charge is 2.23. The van der Waals surface area contributed by atoms with Crippen molar-refractivity contribution in [2.45, 2.75) is 11.3 Å². The molecule has 0 saturated carbocycles. The molecule has 0 unspecified atom stereocenters. The summed E-state index contributed by atoms with van der Waals surface area (Å²) in [5.41, 5.74) is 0. The average molecular weight is 419 g/mol. The molecular weight excluding hydrogens is 400 g/mol. The summed E-state index contributed by atoms with van der Waals surface area (Å²) in [7, 11) is 0. The Morgan fingerprint density at radius 2 is 1.89 bits per heavy atom. The second kappa shape index (κ2) is 8.46. The number of thiophene rings is 1. The van der Waals surface area contributed by atoms with Gasteiger partial charge in [0.25, 0.3) is 0 Å². The van der Waals surface area contributed by atoms with Gasteiger partial charge in [-0.2, -0.15) is 0 Å². The van der Waals surface area contributed by atoms with Crippen molar-refractivity contribution in [3.8, 4) is 0 Å². The molecule has 5 nitrogen and oxygen atoms in total. The van der Waals surface area contributed by atoms with E-state index in [0.29, 0.717) is 6.42 Å². The van der Waals surface area contributed by atoms with Gasteiger partial charge in [-0.15, -0.1) is 23.1 Å². The second-order valence-electron chi connectivity index (χ2n) is 6.26. The van der Waals surface area contributed by atoms with Crippen LogP contribution in [0.4, 0.5) is 5.82 Å². The number of benzene rings is 1. The number of aromatic nitrogens is 2. The van der Waals surface area contributed by atoms with Gasteiger partial charge in [0.1, 0.15) is 17.0 Å². The van der Waals surface area contributed by atoms with Crippen LogP contribution in [0.2, 0.25) is 5.02 Å². The Balaban J connectivity index is 1.28. The molecule has 0 atom stereocenters. The summed E-state index contributed by atoms with van der Waals surface area (Å²) in [6, 6.07) is 9.80. The number of rotatable bonds is 5. The lowest BCUT2D eigenvalue weighted by Gasteiger charge is -2.35. The highest BCUT2D eigenvalue weighted by molar-refractivity contribution is 7.99. The van der Waals surface area contributed by atoms with Crippen LogP contribution in [-0.2, 0) is 4.79 Å². The summed E-state index contributed by atoms with van der Waals surface area (Å²) in [5.74, 6) is 1.98. The molecule has 4 rings (SSSR count). The standard InChI is InChI=1S/C19H19ClN4OS2/c20-14-1-3-15(4-2-14)26-12-6-17(25)23-7-9-24(10-8-23)18-16-5-11-27-19(16)22-13-21-18/h1-5,11,13H,6-10,12H2. The number of amides is 1. The lowest BCUT2D eigenvalue weighted by molar-refractivity contribution is -0.131. The molecule has 8 heteroatoms. The summed E-state index contributed by atoms with van der Waals surface area (Å²) in [6.45, 7) is 3.08. The maximum Gasteiger partial charge on any atom is 0.223 e. The van der Waals surface area contributed by atoms with Gasteiger partial charge < -0.3 is 9.80 Å². The Hall–Kier alpha value is -1.83. The van der Waals surface area contributed by atoms with Crippen molar-refractivity contribution < 1.29 is 4.79 Å². The van der Waals surface area contributed by atoms with Crippen LogP contribution in [0.1, 0.15) is 6.42 Å². The number of nitrogens with zero attached hydrogens (tertiary/aromatic N) is 4. The Morgan fingerprint density at radius 1 is 1.11 bits per heavy atom. The fourth-order valence-corrected chi connectivity index (χ4v) is 4.84. The van der Waals surface area contributed by atoms with Crippen molar-refractivity contribution >= 4 is 56.6 Å². The fraction of sp³-hybridized carbons (Fsp3) is 0.316. The van der Waals surface area contributed by atoms with Gasteiger partial charge in [0, 0.05) is 48.3 Å². The van der Waals surface area contributed by atoms with Gasteiger partial charge in [-0.05, 0) is 35.7 Å². The molecule has 0 N–H and O–H groups in total. The van der Waals surface area contributed by atoms with E-state index in [2.05, 4.69) is 20.9 Å². The molecular formula is C19H19ClN4OS2. The maximum absolute atomic E-state index is 12.5. The first-order valence-electron chi connectivity index (χ1n) is 8.80. The lowest BCUT2D eigenvalue weighted by Crippen LogP contribution is -2.49. The molecule has 1 saturated heterocycles. The third-order valence-corrected chi connectivity index (χ3v) is 6.66. The number of fused-ring (bicyclic) bond motifs is 1. The van der Waals surface area contributed by atoms with Crippen molar-refractivity contribution in [2.75, 3.05) is 36.8 Å². The van der Waals surface area contributed by atoms with Crippen molar-refractivity contribution in [2.24, 2.45) is 0 Å². The van der Waals surface area contributed by atoms with Gasteiger partial charge in [-0.1, -0.05) is 11.6 Å². The molecule has 1 amide bonds. The number of hydrogen-bond donors (Lipinski definition) is 0. The highest BCUT2D eigenvalue weighted by Crippen LogP contribution is 2.27.